The lowest BCUT2D eigenvalue weighted by atomic mass is 9.82. The van der Waals surface area contributed by atoms with Crippen molar-refractivity contribution in [2.24, 2.45) is 0 Å². The van der Waals surface area contributed by atoms with Crippen LogP contribution in [0.1, 0.15) is 25.0 Å². The Hall–Kier alpha value is -5.40. The quantitative estimate of drug-likeness (QED) is 0.198. The summed E-state index contributed by atoms with van der Waals surface area (Å²) in [4.78, 5) is 0. The van der Waals surface area contributed by atoms with Gasteiger partial charge in [0.25, 0.3) is 0 Å². The molecule has 2 aliphatic carbocycles. The van der Waals surface area contributed by atoms with Gasteiger partial charge in [0.05, 0.1) is 11.0 Å². The van der Waals surface area contributed by atoms with Gasteiger partial charge in [-0.2, -0.15) is 0 Å². The maximum Gasteiger partial charge on any atom is 0.0622 e. The fourth-order valence-electron chi connectivity index (χ4n) is 8.31. The first-order valence-corrected chi connectivity index (χ1v) is 15.5. The number of hydrogen-bond donors (Lipinski definition) is 0. The van der Waals surface area contributed by atoms with E-state index in [1.165, 1.54) is 93.9 Å². The van der Waals surface area contributed by atoms with E-state index in [0.717, 1.165) is 0 Å². The zero-order valence-corrected chi connectivity index (χ0v) is 24.7. The highest BCUT2D eigenvalue weighted by atomic mass is 15.0. The summed E-state index contributed by atoms with van der Waals surface area (Å²) in [6, 6.07) is 52.0. The Balaban J connectivity index is 1.22. The van der Waals surface area contributed by atoms with Gasteiger partial charge in [0.2, 0.25) is 0 Å². The van der Waals surface area contributed by atoms with Gasteiger partial charge in [-0.25, -0.2) is 0 Å². The molecule has 10 rings (SSSR count). The van der Waals surface area contributed by atoms with Crippen LogP contribution in [0.4, 0.5) is 0 Å². The van der Waals surface area contributed by atoms with Crippen LogP contribution in [0.5, 0.6) is 0 Å². The summed E-state index contributed by atoms with van der Waals surface area (Å²) < 4.78 is 2.51. The van der Waals surface area contributed by atoms with Crippen molar-refractivity contribution in [3.05, 3.63) is 151 Å². The van der Waals surface area contributed by atoms with Crippen molar-refractivity contribution in [3.63, 3.8) is 0 Å². The highest BCUT2D eigenvalue weighted by Gasteiger charge is 2.37. The summed E-state index contributed by atoms with van der Waals surface area (Å²) in [6.45, 7) is 4.73. The van der Waals surface area contributed by atoms with E-state index in [2.05, 4.69) is 158 Å². The van der Waals surface area contributed by atoms with E-state index < -0.39 is 0 Å². The summed E-state index contributed by atoms with van der Waals surface area (Å²) in [7, 11) is 0. The molecule has 0 saturated carbocycles. The molecule has 1 nitrogen and oxygen atoms in total. The molecule has 8 aromatic rings. The second-order valence-electron chi connectivity index (χ2n) is 12.9. The first-order valence-electron chi connectivity index (χ1n) is 15.5. The number of aromatic nitrogens is 1. The summed E-state index contributed by atoms with van der Waals surface area (Å²) in [6.07, 6.45) is 0. The monoisotopic (exact) mass is 559 g/mol. The van der Waals surface area contributed by atoms with Gasteiger partial charge < -0.3 is 4.57 Å². The standard InChI is InChI=1S/C43H29N/c1-43(2)37-18-5-3-15-35(37)41-38(43)23-22-34-31-14-4-6-19-39(31)44(42(34)41)29-13-7-12-27(24-29)28-20-21-30-32-16-8-10-26-11-9-17-33(40(26)32)36(30)25-28/h3-25H,1-2H3. The van der Waals surface area contributed by atoms with E-state index in [4.69, 9.17) is 0 Å². The van der Waals surface area contributed by atoms with Crippen molar-refractivity contribution in [2.75, 3.05) is 0 Å². The summed E-state index contributed by atoms with van der Waals surface area (Å²) in [5.74, 6) is 0. The Labute approximate surface area is 256 Å². The number of nitrogens with zero attached hydrogens (tertiary/aromatic N) is 1. The van der Waals surface area contributed by atoms with Crippen LogP contribution in [0.15, 0.2) is 140 Å². The highest BCUT2D eigenvalue weighted by Crippen LogP contribution is 2.53. The van der Waals surface area contributed by atoms with Crippen LogP contribution in [0.3, 0.4) is 0 Å². The molecule has 1 aromatic heterocycles. The molecule has 0 radical (unpaired) electrons. The van der Waals surface area contributed by atoms with Crippen LogP contribution in [-0.4, -0.2) is 4.57 Å². The van der Waals surface area contributed by atoms with Crippen molar-refractivity contribution >= 4 is 32.6 Å². The number of fused-ring (bicyclic) bond motifs is 10. The topological polar surface area (TPSA) is 4.93 Å². The van der Waals surface area contributed by atoms with Crippen molar-refractivity contribution in [1.82, 2.24) is 4.57 Å². The predicted octanol–water partition coefficient (Wildman–Crippen LogP) is 11.6. The number of rotatable bonds is 2. The molecular weight excluding hydrogens is 530 g/mol. The molecule has 0 aliphatic heterocycles. The van der Waals surface area contributed by atoms with E-state index in [0.29, 0.717) is 0 Å². The minimum Gasteiger partial charge on any atom is -0.309 e. The van der Waals surface area contributed by atoms with Crippen molar-refractivity contribution in [3.8, 4) is 50.2 Å². The third kappa shape index (κ3) is 2.99. The summed E-state index contributed by atoms with van der Waals surface area (Å²) in [5, 5.41) is 5.28. The van der Waals surface area contributed by atoms with Crippen LogP contribution in [0.25, 0.3) is 82.8 Å². The molecule has 0 N–H and O–H groups in total. The molecular formula is C43H29N. The molecule has 0 bridgehead atoms. The molecule has 2 aliphatic rings. The van der Waals surface area contributed by atoms with Crippen LogP contribution >= 0.6 is 0 Å². The van der Waals surface area contributed by atoms with Gasteiger partial charge in [-0.05, 0) is 85.1 Å². The molecule has 0 amide bonds. The lowest BCUT2D eigenvalue weighted by Crippen LogP contribution is -2.14. The molecule has 0 saturated heterocycles. The van der Waals surface area contributed by atoms with Gasteiger partial charge in [0, 0.05) is 27.4 Å². The van der Waals surface area contributed by atoms with Crippen molar-refractivity contribution in [2.45, 2.75) is 19.3 Å². The summed E-state index contributed by atoms with van der Waals surface area (Å²) >= 11 is 0. The molecule has 0 unspecified atom stereocenters. The molecule has 0 atom stereocenters. The maximum atomic E-state index is 2.51. The summed E-state index contributed by atoms with van der Waals surface area (Å²) in [5.41, 5.74) is 17.0. The average molecular weight is 560 g/mol. The Morgan fingerprint density at radius 2 is 1.20 bits per heavy atom. The van der Waals surface area contributed by atoms with Gasteiger partial charge in [-0.3, -0.25) is 0 Å². The smallest absolute Gasteiger partial charge is 0.0622 e. The largest absolute Gasteiger partial charge is 0.309 e. The Morgan fingerprint density at radius 1 is 0.477 bits per heavy atom. The Morgan fingerprint density at radius 3 is 2.09 bits per heavy atom. The normalized spacial score (nSPS) is 13.9. The molecule has 44 heavy (non-hydrogen) atoms. The Bertz CT molecular complexity index is 2520. The second-order valence-corrected chi connectivity index (χ2v) is 12.9. The van der Waals surface area contributed by atoms with Gasteiger partial charge in [-0.1, -0.05) is 129 Å². The first kappa shape index (κ1) is 24.1. The highest BCUT2D eigenvalue weighted by molar-refractivity contribution is 6.17. The van der Waals surface area contributed by atoms with Gasteiger partial charge in [-0.15, -0.1) is 0 Å². The molecule has 0 fully saturated rings. The Kier molecular flexibility index (Phi) is 4.58. The SMILES string of the molecule is CC1(C)c2ccccc2-c2c1ccc1c3ccccc3n(-c3cccc(-c4ccc5c(c4)-c4cccc6cccc-5c46)c3)c21. The minimum atomic E-state index is -0.0475. The molecule has 206 valence electrons. The molecule has 0 spiro atoms. The van der Waals surface area contributed by atoms with Crippen molar-refractivity contribution in [1.29, 1.82) is 0 Å². The third-order valence-corrected chi connectivity index (χ3v) is 10.3. The molecule has 1 heteroatoms. The molecule has 7 aromatic carbocycles. The van der Waals surface area contributed by atoms with Gasteiger partial charge >= 0.3 is 0 Å². The zero-order chi connectivity index (χ0) is 29.2. The van der Waals surface area contributed by atoms with E-state index in [-0.39, 0.29) is 5.41 Å². The van der Waals surface area contributed by atoms with E-state index in [9.17, 15) is 0 Å². The fraction of sp³-hybridized carbons (Fsp3) is 0.0698. The number of hydrogen-bond acceptors (Lipinski definition) is 0. The van der Waals surface area contributed by atoms with Crippen LogP contribution < -0.4 is 0 Å². The van der Waals surface area contributed by atoms with E-state index in [1.807, 2.05) is 0 Å². The van der Waals surface area contributed by atoms with Crippen LogP contribution in [0, 0.1) is 0 Å². The average Bonchev–Trinajstić information content (AvgIpc) is 3.66. The third-order valence-electron chi connectivity index (χ3n) is 10.3. The van der Waals surface area contributed by atoms with Gasteiger partial charge in [0.15, 0.2) is 0 Å². The number of benzene rings is 7. The van der Waals surface area contributed by atoms with E-state index >= 15 is 0 Å². The van der Waals surface area contributed by atoms with E-state index in [1.54, 1.807) is 0 Å². The maximum absolute atomic E-state index is 2.51. The first-order chi connectivity index (χ1) is 21.6. The second kappa shape index (κ2) is 8.36. The van der Waals surface area contributed by atoms with Gasteiger partial charge in [0.1, 0.15) is 0 Å². The fourth-order valence-corrected chi connectivity index (χ4v) is 8.31. The molecule has 1 heterocycles. The predicted molar refractivity (Wildman–Crippen MR) is 186 cm³/mol. The lowest BCUT2D eigenvalue weighted by Gasteiger charge is -2.21. The van der Waals surface area contributed by atoms with Crippen molar-refractivity contribution < 1.29 is 0 Å². The zero-order valence-electron chi connectivity index (χ0n) is 24.7. The number of para-hydroxylation sites is 1. The minimum absolute atomic E-state index is 0.0475. The lowest BCUT2D eigenvalue weighted by molar-refractivity contribution is 0.661. The van der Waals surface area contributed by atoms with Crippen LogP contribution in [0.2, 0.25) is 0 Å². The van der Waals surface area contributed by atoms with Crippen LogP contribution in [-0.2, 0) is 5.41 Å².